The summed E-state index contributed by atoms with van der Waals surface area (Å²) < 4.78 is 0. The zero-order valence-corrected chi connectivity index (χ0v) is 30.0. The van der Waals surface area contributed by atoms with Crippen LogP contribution >= 0.6 is 0 Å². The third-order valence-electron chi connectivity index (χ3n) is 5.62. The minimum atomic E-state index is -0.861. The van der Waals surface area contributed by atoms with Crippen LogP contribution in [0.3, 0.4) is 0 Å². The zero-order chi connectivity index (χ0) is 24.8. The second-order valence-electron chi connectivity index (χ2n) is 11.4. The zero-order valence-electron chi connectivity index (χ0n) is 23.9. The van der Waals surface area contributed by atoms with Crippen molar-refractivity contribution in [3.8, 4) is 0 Å². The molecule has 0 heterocycles. The van der Waals surface area contributed by atoms with Crippen molar-refractivity contribution in [2.24, 2.45) is 0 Å². The van der Waals surface area contributed by atoms with Gasteiger partial charge in [0.2, 0.25) is 0 Å². The predicted molar refractivity (Wildman–Crippen MR) is 147 cm³/mol. The van der Waals surface area contributed by atoms with Gasteiger partial charge in [-0.1, -0.05) is 109 Å². The average molecular weight is 677 g/mol. The van der Waals surface area contributed by atoms with Gasteiger partial charge < -0.3 is 13.1 Å². The molecule has 0 amide bonds. The first-order valence-electron chi connectivity index (χ1n) is 11.2. The molecule has 0 aromatic rings. The Morgan fingerprint density at radius 2 is 0.355 bits per heavy atom. The molecule has 3 heteroatoms. The van der Waals surface area contributed by atoms with E-state index in [1.807, 2.05) is 0 Å². The van der Waals surface area contributed by atoms with E-state index in [9.17, 15) is 0 Å². The van der Waals surface area contributed by atoms with Gasteiger partial charge in [-0.05, 0) is 59.2 Å². The molecule has 2 aliphatic carbocycles. The minimum Gasteiger partial charge on any atom is -0.342 e. The summed E-state index contributed by atoms with van der Waals surface area (Å²) in [5, 5.41) is 0. The van der Waals surface area contributed by atoms with Crippen molar-refractivity contribution in [2.75, 3.05) is 0 Å². The van der Waals surface area contributed by atoms with Crippen LogP contribution in [-0.4, -0.2) is 16.1 Å². The molecule has 0 unspecified atom stereocenters. The van der Waals surface area contributed by atoms with Crippen molar-refractivity contribution in [1.82, 2.24) is 0 Å². The van der Waals surface area contributed by atoms with Gasteiger partial charge in [0, 0.05) is 0 Å². The number of hydrogen-bond donors (Lipinski definition) is 0. The predicted octanol–water partition coefficient (Wildman–Crippen LogP) is 9.34. The maximum atomic E-state index is 3.91. The molecule has 0 N–H and O–H groups in total. The fourth-order valence-corrected chi connectivity index (χ4v) is 2.81. The Kier molecular flexibility index (Phi) is 18.9. The molecule has 0 spiro atoms. The van der Waals surface area contributed by atoms with Crippen molar-refractivity contribution >= 4 is 16.1 Å². The molecule has 10 radical (unpaired) electrons. The summed E-state index contributed by atoms with van der Waals surface area (Å²) in [6, 6.07) is 0. The van der Waals surface area contributed by atoms with Crippen molar-refractivity contribution in [3.05, 3.63) is 72.3 Å². The van der Waals surface area contributed by atoms with Crippen LogP contribution in [-0.2, 0) is 0 Å². The van der Waals surface area contributed by atoms with Crippen molar-refractivity contribution in [1.29, 1.82) is 0 Å². The maximum absolute atomic E-state index is 3.91. The summed E-state index contributed by atoms with van der Waals surface area (Å²) in [7, 11) is -1.72. The fraction of sp³-hybridized carbons (Fsp3) is 0.571. The minimum absolute atomic E-state index is 0. The Morgan fingerprint density at radius 3 is 0.387 bits per heavy atom. The van der Waals surface area contributed by atoms with Crippen LogP contribution in [0, 0.1) is 112 Å². The summed E-state index contributed by atoms with van der Waals surface area (Å²) in [4.78, 5) is 0. The fourth-order valence-electron chi connectivity index (χ4n) is 2.81. The molecule has 2 saturated carbocycles. The smallest absolute Gasteiger partial charge is 0.342 e. The van der Waals surface area contributed by atoms with Gasteiger partial charge in [-0.2, -0.15) is 0 Å². The Labute approximate surface area is 235 Å². The normalized spacial score (nSPS) is 22.3. The molecule has 0 aromatic carbocycles. The largest absolute Gasteiger partial charge is 2.00 e. The van der Waals surface area contributed by atoms with Gasteiger partial charge in [-0.25, -0.2) is 0 Å². The van der Waals surface area contributed by atoms with Gasteiger partial charge in [0.05, 0.1) is 0 Å². The molecule has 0 saturated heterocycles. The Bertz CT molecular complexity index is 307. The van der Waals surface area contributed by atoms with Crippen LogP contribution in [0.5, 0.6) is 0 Å². The molecule has 0 atom stereocenters. The topological polar surface area (TPSA) is 0 Å². The Balaban J connectivity index is -0.000000353. The second kappa shape index (κ2) is 15.7. The first-order chi connectivity index (χ1) is 13.1. The Hall–Kier alpha value is 1.76. The van der Waals surface area contributed by atoms with Crippen molar-refractivity contribution in [3.63, 3.8) is 0 Å². The molecular formula is C28H52Si2Th. The summed E-state index contributed by atoms with van der Waals surface area (Å²) >= 11 is 0. The van der Waals surface area contributed by atoms with Gasteiger partial charge in [0.1, 0.15) is 0 Å². The first kappa shape index (κ1) is 37.3. The molecule has 0 bridgehead atoms. The van der Waals surface area contributed by atoms with Crippen LogP contribution < -0.4 is 0 Å². The maximum Gasteiger partial charge on any atom is 2.00 e. The van der Waals surface area contributed by atoms with E-state index >= 15 is 0 Å². The van der Waals surface area contributed by atoms with Gasteiger partial charge in [-0.15, -0.1) is 16.1 Å². The van der Waals surface area contributed by atoms with Gasteiger partial charge in [0.15, 0.2) is 0 Å². The van der Waals surface area contributed by atoms with E-state index in [1.165, 1.54) is 59.2 Å². The third kappa shape index (κ3) is 16.1. The number of hydrogen-bond acceptors (Lipinski definition) is 0. The van der Waals surface area contributed by atoms with E-state index in [-0.39, 0.29) is 39.9 Å². The van der Waals surface area contributed by atoms with E-state index in [0.717, 1.165) is 0 Å². The summed E-state index contributed by atoms with van der Waals surface area (Å²) in [6.45, 7) is 43.1. The molecule has 0 aliphatic heterocycles. The molecule has 31 heavy (non-hydrogen) atoms. The summed E-state index contributed by atoms with van der Waals surface area (Å²) in [5.41, 5.74) is 0. The number of rotatable bonds is 0. The van der Waals surface area contributed by atoms with Crippen molar-refractivity contribution < 1.29 is 39.9 Å². The van der Waals surface area contributed by atoms with Crippen LogP contribution in [0.25, 0.3) is 0 Å². The average Bonchev–Trinajstić information content (AvgIpc) is 2.83. The molecule has 2 fully saturated rings. The van der Waals surface area contributed by atoms with Crippen LogP contribution in [0.2, 0.25) is 39.3 Å². The molecule has 176 valence electrons. The van der Waals surface area contributed by atoms with Crippen LogP contribution in [0.15, 0.2) is 0 Å². The molecule has 0 aromatic heterocycles. The van der Waals surface area contributed by atoms with Gasteiger partial charge in [-0.3, -0.25) is 0 Å². The molecular weight excluding hydrogens is 625 g/mol. The van der Waals surface area contributed by atoms with E-state index in [4.69, 9.17) is 0 Å². The first-order valence-corrected chi connectivity index (χ1v) is 18.6. The van der Waals surface area contributed by atoms with Gasteiger partial charge >= 0.3 is 39.9 Å². The van der Waals surface area contributed by atoms with Crippen molar-refractivity contribution in [2.45, 2.75) is 109 Å². The summed E-state index contributed by atoms with van der Waals surface area (Å²) in [5.74, 6) is 14.7. The second-order valence-corrected chi connectivity index (χ2v) is 21.6. The molecule has 2 rings (SSSR count). The third-order valence-corrected chi connectivity index (χ3v) is 5.62. The van der Waals surface area contributed by atoms with E-state index in [2.05, 4.69) is 122 Å². The van der Waals surface area contributed by atoms with E-state index in [0.29, 0.717) is 0 Å². The van der Waals surface area contributed by atoms with Gasteiger partial charge in [0.25, 0.3) is 0 Å². The molecule has 0 nitrogen and oxygen atoms in total. The van der Waals surface area contributed by atoms with E-state index < -0.39 is 16.1 Å². The standard InChI is InChI=1S/2C10H15.2C4H11Si.Th/c2*1-6-7(2)9(4)10(5)8(6)3;2*1-5(2,3)4;/h2*1-5H3;2*1H2,2-4H3;/q;;2*-1;+2. The van der Waals surface area contributed by atoms with Crippen LogP contribution in [0.4, 0.5) is 0 Å². The SMILES string of the molecule is C[C]1[C](C)[C](C)[C](C)[C]1C.C[C]1[C](C)[C](C)[C](C)[C]1C.[CH2-][Si](C)(C)C.[CH2-][Si](C)(C)C.[Th+2]. The Morgan fingerprint density at radius 1 is 0.323 bits per heavy atom. The van der Waals surface area contributed by atoms with E-state index in [1.54, 1.807) is 0 Å². The summed E-state index contributed by atoms with van der Waals surface area (Å²) in [6.07, 6.45) is 0. The quantitative estimate of drug-likeness (QED) is 0.177. The molecule has 2 aliphatic rings. The van der Waals surface area contributed by atoms with Crippen LogP contribution in [0.1, 0.15) is 69.2 Å². The monoisotopic (exact) mass is 676 g/mol.